The van der Waals surface area contributed by atoms with Gasteiger partial charge < -0.3 is 8.85 Å². The number of rotatable bonds is 7. The third-order valence-electron chi connectivity index (χ3n) is 3.79. The molecule has 24 heavy (non-hydrogen) atoms. The van der Waals surface area contributed by atoms with Crippen molar-refractivity contribution in [2.45, 2.75) is 20.1 Å². The summed E-state index contributed by atoms with van der Waals surface area (Å²) >= 11 is 0. The fourth-order valence-corrected chi connectivity index (χ4v) is 4.07. The van der Waals surface area contributed by atoms with Crippen molar-refractivity contribution in [3.63, 3.8) is 0 Å². The molecule has 0 amide bonds. The van der Waals surface area contributed by atoms with Crippen molar-refractivity contribution >= 4 is 14.5 Å². The second-order valence-corrected chi connectivity index (χ2v) is 7.34. The van der Waals surface area contributed by atoms with Crippen LogP contribution in [-0.2, 0) is 22.1 Å². The van der Waals surface area contributed by atoms with Gasteiger partial charge >= 0.3 is 9.28 Å². The SMILES string of the molecule is Cc1ccccc1[Si](OCc1ccccc1)OCc1ccccc1. The maximum Gasteiger partial charge on any atom is 0.424 e. The third-order valence-corrected chi connectivity index (χ3v) is 5.60. The molecule has 1 radical (unpaired) electrons. The van der Waals surface area contributed by atoms with Gasteiger partial charge in [-0.2, -0.15) is 0 Å². The minimum absolute atomic E-state index is 0.568. The molecule has 2 nitrogen and oxygen atoms in total. The van der Waals surface area contributed by atoms with Gasteiger partial charge in [0.2, 0.25) is 0 Å². The predicted octanol–water partition coefficient (Wildman–Crippen LogP) is 4.12. The molecular formula is C21H21O2Si. The van der Waals surface area contributed by atoms with Crippen molar-refractivity contribution in [3.05, 3.63) is 102 Å². The first kappa shape index (κ1) is 16.6. The van der Waals surface area contributed by atoms with E-state index < -0.39 is 9.28 Å². The highest BCUT2D eigenvalue weighted by molar-refractivity contribution is 6.61. The molecular weight excluding hydrogens is 312 g/mol. The van der Waals surface area contributed by atoms with Crippen molar-refractivity contribution in [3.8, 4) is 0 Å². The quantitative estimate of drug-likeness (QED) is 0.606. The maximum atomic E-state index is 6.20. The van der Waals surface area contributed by atoms with E-state index in [-0.39, 0.29) is 0 Å². The molecule has 0 aromatic heterocycles. The van der Waals surface area contributed by atoms with Gasteiger partial charge in [0.05, 0.1) is 13.2 Å². The largest absolute Gasteiger partial charge is 0.424 e. The van der Waals surface area contributed by atoms with Crippen LogP contribution in [0.15, 0.2) is 84.9 Å². The predicted molar refractivity (Wildman–Crippen MR) is 99.0 cm³/mol. The van der Waals surface area contributed by atoms with E-state index >= 15 is 0 Å². The van der Waals surface area contributed by atoms with Crippen molar-refractivity contribution in [2.75, 3.05) is 0 Å². The zero-order valence-electron chi connectivity index (χ0n) is 13.8. The van der Waals surface area contributed by atoms with Gasteiger partial charge in [-0.25, -0.2) is 0 Å². The highest BCUT2D eigenvalue weighted by atomic mass is 28.3. The van der Waals surface area contributed by atoms with Crippen LogP contribution in [0.3, 0.4) is 0 Å². The summed E-state index contributed by atoms with van der Waals surface area (Å²) in [6.07, 6.45) is 0. The Morgan fingerprint density at radius 3 is 1.58 bits per heavy atom. The molecule has 0 atom stereocenters. The van der Waals surface area contributed by atoms with Crippen LogP contribution >= 0.6 is 0 Å². The van der Waals surface area contributed by atoms with Gasteiger partial charge in [0, 0.05) is 0 Å². The normalized spacial score (nSPS) is 10.9. The molecule has 0 aliphatic rings. The molecule has 121 valence electrons. The molecule has 3 aromatic rings. The molecule has 0 unspecified atom stereocenters. The highest BCUT2D eigenvalue weighted by Crippen LogP contribution is 2.08. The molecule has 0 aliphatic carbocycles. The van der Waals surface area contributed by atoms with Gasteiger partial charge in [-0.15, -0.1) is 0 Å². The van der Waals surface area contributed by atoms with Crippen LogP contribution in [0.2, 0.25) is 0 Å². The molecule has 3 heteroatoms. The molecule has 0 heterocycles. The molecule has 0 spiro atoms. The third kappa shape index (κ3) is 4.65. The van der Waals surface area contributed by atoms with E-state index in [9.17, 15) is 0 Å². The fourth-order valence-electron chi connectivity index (χ4n) is 2.45. The Balaban J connectivity index is 1.72. The van der Waals surface area contributed by atoms with E-state index in [0.717, 1.165) is 11.1 Å². The standard InChI is InChI=1S/C21H21O2Si/c1-18-10-8-9-15-21(18)24(22-16-19-11-4-2-5-12-19)23-17-20-13-6-3-7-14-20/h2-15H,16-17H2,1H3. The average Bonchev–Trinajstić information content (AvgIpc) is 2.64. The molecule has 0 aliphatic heterocycles. The Morgan fingerprint density at radius 2 is 1.08 bits per heavy atom. The van der Waals surface area contributed by atoms with Crippen LogP contribution < -0.4 is 5.19 Å². The summed E-state index contributed by atoms with van der Waals surface area (Å²) in [5.74, 6) is 0. The van der Waals surface area contributed by atoms with E-state index in [1.54, 1.807) is 0 Å². The Labute approximate surface area is 145 Å². The Morgan fingerprint density at radius 1 is 0.625 bits per heavy atom. The summed E-state index contributed by atoms with van der Waals surface area (Å²) in [5, 5.41) is 1.18. The van der Waals surface area contributed by atoms with Gasteiger partial charge in [-0.1, -0.05) is 84.9 Å². The van der Waals surface area contributed by atoms with Gasteiger partial charge in [-0.3, -0.25) is 0 Å². The summed E-state index contributed by atoms with van der Waals surface area (Å²) < 4.78 is 12.4. The van der Waals surface area contributed by atoms with Gasteiger partial charge in [-0.05, 0) is 28.8 Å². The lowest BCUT2D eigenvalue weighted by molar-refractivity contribution is 0.192. The zero-order chi connectivity index (χ0) is 16.6. The van der Waals surface area contributed by atoms with E-state index in [1.165, 1.54) is 10.8 Å². The summed E-state index contributed by atoms with van der Waals surface area (Å²) in [6, 6.07) is 28.8. The molecule has 0 saturated carbocycles. The Kier molecular flexibility index (Phi) is 5.96. The Hall–Kier alpha value is -2.20. The maximum absolute atomic E-state index is 6.20. The summed E-state index contributed by atoms with van der Waals surface area (Å²) in [5.41, 5.74) is 3.54. The Bertz CT molecular complexity index is 701. The van der Waals surface area contributed by atoms with Crippen LogP contribution in [0.5, 0.6) is 0 Å². The lowest BCUT2D eigenvalue weighted by atomic mass is 10.2. The monoisotopic (exact) mass is 333 g/mol. The van der Waals surface area contributed by atoms with E-state index in [0.29, 0.717) is 13.2 Å². The smallest absolute Gasteiger partial charge is 0.385 e. The second kappa shape index (κ2) is 8.59. The molecule has 3 aromatic carbocycles. The lowest BCUT2D eigenvalue weighted by Crippen LogP contribution is -2.38. The summed E-state index contributed by atoms with van der Waals surface area (Å²) in [4.78, 5) is 0. The van der Waals surface area contributed by atoms with Gasteiger partial charge in [0.1, 0.15) is 0 Å². The molecule has 0 fully saturated rings. The molecule has 3 rings (SSSR count). The zero-order valence-corrected chi connectivity index (χ0v) is 14.8. The van der Waals surface area contributed by atoms with Crippen LogP contribution in [0.1, 0.15) is 16.7 Å². The van der Waals surface area contributed by atoms with Gasteiger partial charge in [0.25, 0.3) is 0 Å². The van der Waals surface area contributed by atoms with Crippen molar-refractivity contribution in [2.24, 2.45) is 0 Å². The minimum Gasteiger partial charge on any atom is -0.385 e. The highest BCUT2D eigenvalue weighted by Gasteiger charge is 2.21. The number of hydrogen-bond acceptors (Lipinski definition) is 2. The van der Waals surface area contributed by atoms with Crippen LogP contribution in [0, 0.1) is 6.92 Å². The molecule has 0 saturated heterocycles. The molecule has 0 bridgehead atoms. The van der Waals surface area contributed by atoms with Crippen LogP contribution in [0.4, 0.5) is 0 Å². The van der Waals surface area contributed by atoms with Crippen LogP contribution in [-0.4, -0.2) is 9.28 Å². The van der Waals surface area contributed by atoms with Crippen LogP contribution in [0.25, 0.3) is 0 Å². The number of benzene rings is 3. The molecule has 0 N–H and O–H groups in total. The number of aryl methyl sites for hydroxylation is 1. The lowest BCUT2D eigenvalue weighted by Gasteiger charge is -2.17. The summed E-state index contributed by atoms with van der Waals surface area (Å²) in [6.45, 7) is 3.24. The second-order valence-electron chi connectivity index (χ2n) is 5.65. The number of hydrogen-bond donors (Lipinski definition) is 0. The van der Waals surface area contributed by atoms with E-state index in [4.69, 9.17) is 8.85 Å². The van der Waals surface area contributed by atoms with E-state index in [1.807, 2.05) is 48.5 Å². The first-order valence-electron chi connectivity index (χ1n) is 8.09. The summed E-state index contributed by atoms with van der Waals surface area (Å²) in [7, 11) is -1.55. The first-order valence-corrected chi connectivity index (χ1v) is 9.41. The van der Waals surface area contributed by atoms with Crippen molar-refractivity contribution in [1.29, 1.82) is 0 Å². The fraction of sp³-hybridized carbons (Fsp3) is 0.143. The average molecular weight is 333 g/mol. The van der Waals surface area contributed by atoms with Crippen molar-refractivity contribution < 1.29 is 8.85 Å². The first-order chi connectivity index (χ1) is 11.8. The van der Waals surface area contributed by atoms with Gasteiger partial charge in [0.15, 0.2) is 0 Å². The van der Waals surface area contributed by atoms with Crippen molar-refractivity contribution in [1.82, 2.24) is 0 Å². The minimum atomic E-state index is -1.55. The topological polar surface area (TPSA) is 18.5 Å². The van der Waals surface area contributed by atoms with E-state index in [2.05, 4.69) is 43.3 Å².